The maximum absolute atomic E-state index is 13.2. The largest absolute Gasteiger partial charge is 0.416 e. The predicted octanol–water partition coefficient (Wildman–Crippen LogP) is 3.16. The summed E-state index contributed by atoms with van der Waals surface area (Å²) in [5, 5.41) is 11.4. The Morgan fingerprint density at radius 2 is 1.89 bits per heavy atom. The average Bonchev–Trinajstić information content (AvgIpc) is 3.09. The van der Waals surface area contributed by atoms with Crippen LogP contribution in [-0.4, -0.2) is 38.1 Å². The maximum Gasteiger partial charge on any atom is 0.416 e. The van der Waals surface area contributed by atoms with Crippen LogP contribution in [0, 0.1) is 5.82 Å². The molecule has 0 atom stereocenters. The van der Waals surface area contributed by atoms with Crippen LogP contribution in [-0.2, 0) is 24.1 Å². The molecule has 3 aromatic rings. The summed E-state index contributed by atoms with van der Waals surface area (Å²) in [6.07, 6.45) is -4.48. The lowest BCUT2D eigenvalue weighted by molar-refractivity contribution is -0.137. The minimum atomic E-state index is -4.48. The summed E-state index contributed by atoms with van der Waals surface area (Å²) in [4.78, 5) is 14.7. The summed E-state index contributed by atoms with van der Waals surface area (Å²) in [7, 11) is 1.54. The third-order valence-electron chi connectivity index (χ3n) is 3.91. The van der Waals surface area contributed by atoms with Crippen LogP contribution in [0.5, 0.6) is 0 Å². The van der Waals surface area contributed by atoms with E-state index in [2.05, 4.69) is 15.4 Å². The normalized spacial score (nSPS) is 11.5. The Balaban J connectivity index is 1.68. The highest BCUT2D eigenvalue weighted by atomic mass is 19.4. The van der Waals surface area contributed by atoms with Gasteiger partial charge in [0.05, 0.1) is 5.56 Å². The van der Waals surface area contributed by atoms with E-state index in [9.17, 15) is 22.4 Å². The van der Waals surface area contributed by atoms with Crippen LogP contribution in [0.15, 0.2) is 48.5 Å². The van der Waals surface area contributed by atoms with Crippen molar-refractivity contribution in [2.75, 3.05) is 7.05 Å². The van der Waals surface area contributed by atoms with E-state index in [1.165, 1.54) is 36.2 Å². The number of nitrogens with zero attached hydrogens (tertiary/aromatic N) is 5. The van der Waals surface area contributed by atoms with Crippen molar-refractivity contribution in [2.24, 2.45) is 0 Å². The number of aromatic nitrogens is 4. The zero-order valence-electron chi connectivity index (χ0n) is 14.7. The van der Waals surface area contributed by atoms with Gasteiger partial charge in [-0.2, -0.15) is 18.0 Å². The SMILES string of the molecule is CN(Cc1cccc(F)c1)C(=O)Cn1nnc(-c2cccc(C(F)(F)F)c2)n1. The van der Waals surface area contributed by atoms with Gasteiger partial charge in [0.25, 0.3) is 0 Å². The summed E-state index contributed by atoms with van der Waals surface area (Å²) >= 11 is 0. The Hall–Kier alpha value is -3.30. The number of rotatable bonds is 5. The Bertz CT molecular complexity index is 986. The van der Waals surface area contributed by atoms with Gasteiger partial charge in [-0.05, 0) is 35.0 Å². The number of halogens is 4. The fourth-order valence-corrected chi connectivity index (χ4v) is 2.50. The molecule has 0 aliphatic heterocycles. The predicted molar refractivity (Wildman–Crippen MR) is 91.1 cm³/mol. The number of carbonyl (C=O) groups excluding carboxylic acids is 1. The molecule has 0 radical (unpaired) electrons. The fraction of sp³-hybridized carbons (Fsp3) is 0.222. The number of hydrogen-bond donors (Lipinski definition) is 0. The standard InChI is InChI=1S/C18H15F4N5O/c1-26(10-12-4-2-7-15(19)8-12)16(28)11-27-24-17(23-25-27)13-5-3-6-14(9-13)18(20,21)22/h2-9H,10-11H2,1H3. The van der Waals surface area contributed by atoms with E-state index in [4.69, 9.17) is 0 Å². The summed E-state index contributed by atoms with van der Waals surface area (Å²) in [6.45, 7) is -0.0659. The molecule has 1 amide bonds. The third kappa shape index (κ3) is 4.70. The number of hydrogen-bond acceptors (Lipinski definition) is 4. The molecule has 1 heterocycles. The van der Waals surface area contributed by atoms with Crippen LogP contribution >= 0.6 is 0 Å². The van der Waals surface area contributed by atoms with E-state index in [0.717, 1.165) is 16.9 Å². The molecule has 0 fully saturated rings. The average molecular weight is 393 g/mol. The van der Waals surface area contributed by atoms with Gasteiger partial charge in [-0.3, -0.25) is 4.79 Å². The number of tetrazole rings is 1. The van der Waals surface area contributed by atoms with Crippen molar-refractivity contribution in [3.05, 3.63) is 65.5 Å². The van der Waals surface area contributed by atoms with Crippen molar-refractivity contribution in [3.8, 4) is 11.4 Å². The molecule has 0 aliphatic carbocycles. The van der Waals surface area contributed by atoms with Crippen molar-refractivity contribution in [2.45, 2.75) is 19.3 Å². The van der Waals surface area contributed by atoms with Crippen LogP contribution in [0.1, 0.15) is 11.1 Å². The second-order valence-corrected chi connectivity index (χ2v) is 6.10. The number of amides is 1. The highest BCUT2D eigenvalue weighted by Crippen LogP contribution is 2.31. The number of alkyl halides is 3. The van der Waals surface area contributed by atoms with Gasteiger partial charge in [0.1, 0.15) is 12.4 Å². The smallest absolute Gasteiger partial charge is 0.340 e. The van der Waals surface area contributed by atoms with E-state index >= 15 is 0 Å². The minimum absolute atomic E-state index is 0.0216. The maximum atomic E-state index is 13.2. The van der Waals surface area contributed by atoms with E-state index in [1.54, 1.807) is 12.1 Å². The topological polar surface area (TPSA) is 63.9 Å². The molecular weight excluding hydrogens is 378 g/mol. The first-order valence-corrected chi connectivity index (χ1v) is 8.16. The fourth-order valence-electron chi connectivity index (χ4n) is 2.50. The van der Waals surface area contributed by atoms with E-state index < -0.39 is 17.6 Å². The molecule has 6 nitrogen and oxygen atoms in total. The van der Waals surface area contributed by atoms with Gasteiger partial charge in [0.2, 0.25) is 11.7 Å². The zero-order chi connectivity index (χ0) is 20.3. The number of likely N-dealkylation sites (N-methyl/N-ethyl adjacent to an activating group) is 1. The number of benzene rings is 2. The van der Waals surface area contributed by atoms with Gasteiger partial charge in [-0.15, -0.1) is 10.2 Å². The summed E-state index contributed by atoms with van der Waals surface area (Å²) in [5.74, 6) is -0.786. The molecule has 1 aromatic heterocycles. The van der Waals surface area contributed by atoms with Crippen LogP contribution < -0.4 is 0 Å². The second-order valence-electron chi connectivity index (χ2n) is 6.10. The molecule has 10 heteroatoms. The highest BCUT2D eigenvalue weighted by Gasteiger charge is 2.30. The molecule has 28 heavy (non-hydrogen) atoms. The van der Waals surface area contributed by atoms with Crippen LogP contribution in [0.25, 0.3) is 11.4 Å². The molecule has 0 saturated heterocycles. The molecule has 0 aliphatic rings. The molecule has 0 bridgehead atoms. The number of carbonyl (C=O) groups is 1. The van der Waals surface area contributed by atoms with Gasteiger partial charge in [-0.25, -0.2) is 4.39 Å². The summed E-state index contributed by atoms with van der Waals surface area (Å²) in [5.41, 5.74) is -0.0686. The lowest BCUT2D eigenvalue weighted by Gasteiger charge is -2.16. The third-order valence-corrected chi connectivity index (χ3v) is 3.91. The Kier molecular flexibility index (Phi) is 5.39. The Morgan fingerprint density at radius 3 is 2.61 bits per heavy atom. The first-order chi connectivity index (χ1) is 13.2. The van der Waals surface area contributed by atoms with Gasteiger partial charge in [0.15, 0.2) is 0 Å². The molecule has 0 N–H and O–H groups in total. The van der Waals surface area contributed by atoms with Gasteiger partial charge in [-0.1, -0.05) is 24.3 Å². The van der Waals surface area contributed by atoms with E-state index in [1.807, 2.05) is 0 Å². The van der Waals surface area contributed by atoms with Crippen molar-refractivity contribution >= 4 is 5.91 Å². The quantitative estimate of drug-likeness (QED) is 0.625. The first-order valence-electron chi connectivity index (χ1n) is 8.16. The van der Waals surface area contributed by atoms with Gasteiger partial charge < -0.3 is 4.90 Å². The van der Waals surface area contributed by atoms with Crippen molar-refractivity contribution in [1.82, 2.24) is 25.1 Å². The molecule has 0 unspecified atom stereocenters. The van der Waals surface area contributed by atoms with E-state index in [-0.39, 0.29) is 30.4 Å². The first kappa shape index (κ1) is 19.5. The molecule has 2 aromatic carbocycles. The van der Waals surface area contributed by atoms with Crippen LogP contribution in [0.3, 0.4) is 0 Å². The summed E-state index contributed by atoms with van der Waals surface area (Å²) in [6, 6.07) is 10.4. The Labute approximate surface area is 157 Å². The molecule has 0 saturated carbocycles. The molecule has 0 spiro atoms. The van der Waals surface area contributed by atoms with Crippen molar-refractivity contribution < 1.29 is 22.4 Å². The zero-order valence-corrected chi connectivity index (χ0v) is 14.7. The van der Waals surface area contributed by atoms with Crippen LogP contribution in [0.2, 0.25) is 0 Å². The molecular formula is C18H15F4N5O. The van der Waals surface area contributed by atoms with Crippen LogP contribution in [0.4, 0.5) is 17.6 Å². The highest BCUT2D eigenvalue weighted by molar-refractivity contribution is 5.75. The lowest BCUT2D eigenvalue weighted by Crippen LogP contribution is -2.30. The minimum Gasteiger partial charge on any atom is -0.340 e. The molecule has 3 rings (SSSR count). The van der Waals surface area contributed by atoms with E-state index in [0.29, 0.717) is 5.56 Å². The monoisotopic (exact) mass is 393 g/mol. The van der Waals surface area contributed by atoms with Gasteiger partial charge in [0, 0.05) is 19.2 Å². The second kappa shape index (κ2) is 7.75. The van der Waals surface area contributed by atoms with Crippen molar-refractivity contribution in [1.29, 1.82) is 0 Å². The Morgan fingerprint density at radius 1 is 1.14 bits per heavy atom. The molecule has 146 valence electrons. The lowest BCUT2D eigenvalue weighted by atomic mass is 10.1. The summed E-state index contributed by atoms with van der Waals surface area (Å²) < 4.78 is 51.7. The van der Waals surface area contributed by atoms with Gasteiger partial charge >= 0.3 is 6.18 Å². The van der Waals surface area contributed by atoms with Crippen molar-refractivity contribution in [3.63, 3.8) is 0 Å².